The van der Waals surface area contributed by atoms with E-state index in [1.54, 1.807) is 0 Å². The summed E-state index contributed by atoms with van der Waals surface area (Å²) in [6.07, 6.45) is 6.57. The molecular weight excluding hydrogens is 378 g/mol. The molecule has 0 spiro atoms. The SMILES string of the molecule is C[C@]12CC[C@@H]3c4ccc(OC(=O)CCN5CCOCC5)cc4CC[C@H]3[C@@H]1CCC2=O. The third-order valence-electron chi connectivity index (χ3n) is 8.37. The summed E-state index contributed by atoms with van der Waals surface area (Å²) in [6, 6.07) is 6.25. The molecule has 3 fully saturated rings. The molecule has 5 nitrogen and oxygen atoms in total. The van der Waals surface area contributed by atoms with Gasteiger partial charge in [-0.3, -0.25) is 14.5 Å². The van der Waals surface area contributed by atoms with E-state index in [2.05, 4.69) is 24.0 Å². The minimum atomic E-state index is -0.159. The molecule has 3 aliphatic carbocycles. The van der Waals surface area contributed by atoms with Gasteiger partial charge in [0.05, 0.1) is 19.6 Å². The van der Waals surface area contributed by atoms with Crippen molar-refractivity contribution in [3.63, 3.8) is 0 Å². The molecular formula is C25H33NO4. The second kappa shape index (κ2) is 8.08. The van der Waals surface area contributed by atoms with E-state index in [1.807, 2.05) is 6.07 Å². The van der Waals surface area contributed by atoms with E-state index in [4.69, 9.17) is 9.47 Å². The summed E-state index contributed by atoms with van der Waals surface area (Å²) in [5.74, 6) is 2.75. The van der Waals surface area contributed by atoms with E-state index in [0.29, 0.717) is 35.7 Å². The van der Waals surface area contributed by atoms with Crippen LogP contribution in [0.15, 0.2) is 18.2 Å². The smallest absolute Gasteiger partial charge is 0.312 e. The number of fused-ring (bicyclic) bond motifs is 5. The normalized spacial score (nSPS) is 33.5. The number of hydrogen-bond donors (Lipinski definition) is 0. The molecule has 2 saturated carbocycles. The molecule has 4 atom stereocenters. The fourth-order valence-electron chi connectivity index (χ4n) is 6.65. The highest BCUT2D eigenvalue weighted by Gasteiger charge is 2.54. The van der Waals surface area contributed by atoms with Gasteiger partial charge in [-0.1, -0.05) is 13.0 Å². The van der Waals surface area contributed by atoms with Gasteiger partial charge in [-0.25, -0.2) is 0 Å². The fraction of sp³-hybridized carbons (Fsp3) is 0.680. The van der Waals surface area contributed by atoms with E-state index in [1.165, 1.54) is 11.1 Å². The summed E-state index contributed by atoms with van der Waals surface area (Å²) < 4.78 is 11.0. The highest BCUT2D eigenvalue weighted by atomic mass is 16.5. The molecule has 0 aromatic heterocycles. The molecule has 30 heavy (non-hydrogen) atoms. The Labute approximate surface area is 179 Å². The van der Waals surface area contributed by atoms with Crippen molar-refractivity contribution in [3.8, 4) is 5.75 Å². The van der Waals surface area contributed by atoms with Gasteiger partial charge in [0.25, 0.3) is 0 Å². The van der Waals surface area contributed by atoms with Gasteiger partial charge >= 0.3 is 5.97 Å². The van der Waals surface area contributed by atoms with Crippen molar-refractivity contribution in [2.75, 3.05) is 32.8 Å². The third kappa shape index (κ3) is 3.60. The van der Waals surface area contributed by atoms with E-state index >= 15 is 0 Å². The number of ether oxygens (including phenoxy) is 2. The minimum Gasteiger partial charge on any atom is -0.426 e. The van der Waals surface area contributed by atoms with Gasteiger partial charge in [0.15, 0.2) is 0 Å². The van der Waals surface area contributed by atoms with Crippen molar-refractivity contribution in [2.24, 2.45) is 17.3 Å². The Balaban J connectivity index is 1.23. The van der Waals surface area contributed by atoms with Crippen molar-refractivity contribution in [2.45, 2.75) is 57.8 Å². The van der Waals surface area contributed by atoms with Crippen LogP contribution in [0.4, 0.5) is 0 Å². The largest absolute Gasteiger partial charge is 0.426 e. The van der Waals surface area contributed by atoms with Crippen molar-refractivity contribution < 1.29 is 19.1 Å². The topological polar surface area (TPSA) is 55.8 Å². The summed E-state index contributed by atoms with van der Waals surface area (Å²) in [4.78, 5) is 27.1. The molecule has 5 rings (SSSR count). The van der Waals surface area contributed by atoms with Crippen LogP contribution in [-0.4, -0.2) is 49.5 Å². The molecule has 0 N–H and O–H groups in total. The summed E-state index contributed by atoms with van der Waals surface area (Å²) >= 11 is 0. The lowest BCUT2D eigenvalue weighted by Crippen LogP contribution is -2.42. The van der Waals surface area contributed by atoms with Crippen molar-refractivity contribution >= 4 is 11.8 Å². The molecule has 0 amide bonds. The second-order valence-electron chi connectivity index (χ2n) is 9.87. The number of rotatable bonds is 4. The third-order valence-corrected chi connectivity index (χ3v) is 8.37. The number of carbonyl (C=O) groups is 2. The van der Waals surface area contributed by atoms with Gasteiger partial charge < -0.3 is 9.47 Å². The predicted octanol–water partition coefficient (Wildman–Crippen LogP) is 3.74. The Hall–Kier alpha value is -1.72. The number of esters is 1. The van der Waals surface area contributed by atoms with Crippen LogP contribution in [0.2, 0.25) is 0 Å². The number of ketones is 1. The highest BCUT2D eigenvalue weighted by molar-refractivity contribution is 5.87. The summed E-state index contributed by atoms with van der Waals surface area (Å²) in [7, 11) is 0. The molecule has 1 aliphatic heterocycles. The van der Waals surface area contributed by atoms with Crippen LogP contribution in [0.5, 0.6) is 5.75 Å². The van der Waals surface area contributed by atoms with Crippen LogP contribution >= 0.6 is 0 Å². The van der Waals surface area contributed by atoms with Crippen LogP contribution in [-0.2, 0) is 20.7 Å². The maximum atomic E-state index is 12.5. The first-order valence-electron chi connectivity index (χ1n) is 11.7. The number of aryl methyl sites for hydroxylation is 1. The first-order chi connectivity index (χ1) is 14.5. The first-order valence-corrected chi connectivity index (χ1v) is 11.7. The van der Waals surface area contributed by atoms with E-state index in [9.17, 15) is 9.59 Å². The lowest BCUT2D eigenvalue weighted by Gasteiger charge is -2.48. The van der Waals surface area contributed by atoms with Gasteiger partial charge in [-0.15, -0.1) is 0 Å². The quantitative estimate of drug-likeness (QED) is 0.558. The standard InChI is InChI=1S/C25H33NO4/c1-25-10-8-20-19-5-3-18(30-24(28)9-11-26-12-14-29-15-13-26)16-17(19)2-4-21(20)22(25)6-7-23(25)27/h3,5,16,20-22H,2,4,6-15H2,1H3/t20-,21-,22+,25+/m1/s1. The lowest BCUT2D eigenvalue weighted by atomic mass is 9.55. The molecule has 0 radical (unpaired) electrons. The molecule has 0 unspecified atom stereocenters. The number of nitrogens with zero attached hydrogens (tertiary/aromatic N) is 1. The average Bonchev–Trinajstić information content (AvgIpc) is 3.07. The van der Waals surface area contributed by atoms with Crippen molar-refractivity contribution in [1.82, 2.24) is 4.90 Å². The molecule has 1 saturated heterocycles. The molecule has 1 heterocycles. The van der Waals surface area contributed by atoms with Crippen LogP contribution in [0, 0.1) is 17.3 Å². The number of hydrogen-bond acceptors (Lipinski definition) is 5. The summed E-state index contributed by atoms with van der Waals surface area (Å²) in [6.45, 7) is 6.22. The van der Waals surface area contributed by atoms with Gasteiger partial charge in [0.2, 0.25) is 0 Å². The zero-order valence-electron chi connectivity index (χ0n) is 18.0. The molecule has 1 aromatic rings. The Morgan fingerprint density at radius 3 is 2.87 bits per heavy atom. The summed E-state index contributed by atoms with van der Waals surface area (Å²) in [5.41, 5.74) is 2.69. The Kier molecular flexibility index (Phi) is 5.44. The van der Waals surface area contributed by atoms with Crippen LogP contribution in [0.3, 0.4) is 0 Å². The Morgan fingerprint density at radius 2 is 2.03 bits per heavy atom. The monoisotopic (exact) mass is 411 g/mol. The second-order valence-corrected chi connectivity index (χ2v) is 9.87. The molecule has 162 valence electrons. The predicted molar refractivity (Wildman–Crippen MR) is 114 cm³/mol. The number of benzene rings is 1. The van der Waals surface area contributed by atoms with Crippen molar-refractivity contribution in [3.05, 3.63) is 29.3 Å². The van der Waals surface area contributed by atoms with Crippen molar-refractivity contribution in [1.29, 1.82) is 0 Å². The molecule has 1 aromatic carbocycles. The van der Waals surface area contributed by atoms with E-state index in [0.717, 1.165) is 71.4 Å². The molecule has 5 heteroatoms. The number of morpholine rings is 1. The average molecular weight is 412 g/mol. The maximum Gasteiger partial charge on any atom is 0.312 e. The van der Waals surface area contributed by atoms with Gasteiger partial charge in [-0.2, -0.15) is 0 Å². The Bertz CT molecular complexity index is 830. The minimum absolute atomic E-state index is 0.0748. The fourth-order valence-corrected chi connectivity index (χ4v) is 6.65. The lowest BCUT2D eigenvalue weighted by molar-refractivity contribution is -0.135. The molecule has 4 aliphatic rings. The van der Waals surface area contributed by atoms with Crippen LogP contribution in [0.1, 0.15) is 62.5 Å². The Morgan fingerprint density at radius 1 is 1.20 bits per heavy atom. The van der Waals surface area contributed by atoms with E-state index in [-0.39, 0.29) is 11.4 Å². The van der Waals surface area contributed by atoms with E-state index < -0.39 is 0 Å². The van der Waals surface area contributed by atoms with Gasteiger partial charge in [-0.05, 0) is 73.1 Å². The van der Waals surface area contributed by atoms with Gasteiger partial charge in [0.1, 0.15) is 11.5 Å². The first kappa shape index (κ1) is 20.2. The van der Waals surface area contributed by atoms with Crippen LogP contribution < -0.4 is 4.74 Å². The zero-order chi connectivity index (χ0) is 20.7. The molecule has 0 bridgehead atoms. The van der Waals surface area contributed by atoms with Crippen LogP contribution in [0.25, 0.3) is 0 Å². The maximum absolute atomic E-state index is 12.5. The van der Waals surface area contributed by atoms with Gasteiger partial charge in [0, 0.05) is 31.5 Å². The number of carbonyl (C=O) groups excluding carboxylic acids is 2. The zero-order valence-corrected chi connectivity index (χ0v) is 18.0. The summed E-state index contributed by atoms with van der Waals surface area (Å²) in [5, 5.41) is 0. The number of Topliss-reactive ketones (excluding diaryl/α,β-unsaturated/α-hetero) is 1. The highest BCUT2D eigenvalue weighted by Crippen LogP contribution is 2.59.